The van der Waals surface area contributed by atoms with E-state index in [1.165, 1.54) is 0 Å². The summed E-state index contributed by atoms with van der Waals surface area (Å²) in [6.45, 7) is 4.27. The average Bonchev–Trinajstić information content (AvgIpc) is 2.37. The SMILES string of the molecule is COC(C)(C)CNC(=O)[C@H](N)Cc1ccccc1. The van der Waals surface area contributed by atoms with Crippen molar-refractivity contribution in [2.75, 3.05) is 13.7 Å². The molecule has 0 radical (unpaired) electrons. The molecule has 3 N–H and O–H groups in total. The molecule has 18 heavy (non-hydrogen) atoms. The van der Waals surface area contributed by atoms with Crippen molar-refractivity contribution in [2.45, 2.75) is 31.9 Å². The summed E-state index contributed by atoms with van der Waals surface area (Å²) in [6.07, 6.45) is 0.542. The van der Waals surface area contributed by atoms with Crippen LogP contribution >= 0.6 is 0 Å². The standard InChI is InChI=1S/C14H22N2O2/c1-14(2,18-3)10-16-13(17)12(15)9-11-7-5-4-6-8-11/h4-8,12H,9-10,15H2,1-3H3,(H,16,17)/t12-/m1/s1. The Bertz CT molecular complexity index is 377. The minimum atomic E-state index is -0.528. The fraction of sp³-hybridized carbons (Fsp3) is 0.500. The van der Waals surface area contributed by atoms with E-state index in [1.54, 1.807) is 7.11 Å². The quantitative estimate of drug-likeness (QED) is 0.794. The highest BCUT2D eigenvalue weighted by molar-refractivity contribution is 5.81. The monoisotopic (exact) mass is 250 g/mol. The van der Waals surface area contributed by atoms with Gasteiger partial charge in [-0.05, 0) is 25.8 Å². The number of rotatable bonds is 6. The van der Waals surface area contributed by atoms with E-state index in [4.69, 9.17) is 10.5 Å². The number of ether oxygens (including phenoxy) is 1. The molecule has 0 aliphatic heterocycles. The summed E-state index contributed by atoms with van der Waals surface area (Å²) in [5.41, 5.74) is 6.56. The third-order valence-corrected chi connectivity index (χ3v) is 2.88. The van der Waals surface area contributed by atoms with Crippen LogP contribution in [0, 0.1) is 0 Å². The van der Waals surface area contributed by atoms with Gasteiger partial charge in [0.15, 0.2) is 0 Å². The Labute approximate surface area is 109 Å². The van der Waals surface area contributed by atoms with Gasteiger partial charge in [0.25, 0.3) is 0 Å². The van der Waals surface area contributed by atoms with Gasteiger partial charge < -0.3 is 15.8 Å². The maximum atomic E-state index is 11.8. The predicted molar refractivity (Wildman–Crippen MR) is 72.2 cm³/mol. The van der Waals surface area contributed by atoms with Crippen LogP contribution in [0.2, 0.25) is 0 Å². The molecule has 0 spiro atoms. The van der Waals surface area contributed by atoms with E-state index in [-0.39, 0.29) is 11.5 Å². The molecule has 1 amide bonds. The van der Waals surface area contributed by atoms with Crippen molar-refractivity contribution in [3.05, 3.63) is 35.9 Å². The minimum absolute atomic E-state index is 0.149. The second-order valence-electron chi connectivity index (χ2n) is 4.98. The molecule has 4 heteroatoms. The number of nitrogens with one attached hydrogen (secondary N) is 1. The van der Waals surface area contributed by atoms with E-state index in [2.05, 4.69) is 5.32 Å². The highest BCUT2D eigenvalue weighted by Crippen LogP contribution is 2.05. The van der Waals surface area contributed by atoms with Crippen molar-refractivity contribution in [3.63, 3.8) is 0 Å². The van der Waals surface area contributed by atoms with Crippen LogP contribution in [0.5, 0.6) is 0 Å². The van der Waals surface area contributed by atoms with Gasteiger partial charge in [-0.3, -0.25) is 4.79 Å². The maximum absolute atomic E-state index is 11.8. The van der Waals surface area contributed by atoms with Gasteiger partial charge in [-0.15, -0.1) is 0 Å². The first-order valence-corrected chi connectivity index (χ1v) is 6.07. The molecule has 1 aromatic carbocycles. The molecule has 1 atom stereocenters. The van der Waals surface area contributed by atoms with Gasteiger partial charge in [0.05, 0.1) is 11.6 Å². The number of hydrogen-bond donors (Lipinski definition) is 2. The van der Waals surface area contributed by atoms with E-state index in [0.717, 1.165) is 5.56 Å². The van der Waals surface area contributed by atoms with Crippen LogP contribution in [-0.4, -0.2) is 31.2 Å². The zero-order valence-electron chi connectivity index (χ0n) is 11.3. The smallest absolute Gasteiger partial charge is 0.237 e. The summed E-state index contributed by atoms with van der Waals surface area (Å²) in [5.74, 6) is -0.149. The Hall–Kier alpha value is -1.39. The molecule has 0 saturated heterocycles. The predicted octanol–water partition coefficient (Wildman–Crippen LogP) is 1.10. The maximum Gasteiger partial charge on any atom is 0.237 e. The van der Waals surface area contributed by atoms with E-state index in [0.29, 0.717) is 13.0 Å². The number of benzene rings is 1. The van der Waals surface area contributed by atoms with Crippen LogP contribution in [0.25, 0.3) is 0 Å². The highest BCUT2D eigenvalue weighted by Gasteiger charge is 2.20. The van der Waals surface area contributed by atoms with Crippen LogP contribution in [0.15, 0.2) is 30.3 Å². The Morgan fingerprint density at radius 2 is 2.00 bits per heavy atom. The molecule has 0 aromatic heterocycles. The molecule has 0 aliphatic carbocycles. The van der Waals surface area contributed by atoms with Crippen molar-refractivity contribution < 1.29 is 9.53 Å². The van der Waals surface area contributed by atoms with Gasteiger partial charge in [0, 0.05) is 13.7 Å². The molecule has 0 aliphatic rings. The zero-order chi connectivity index (χ0) is 13.6. The summed E-state index contributed by atoms with van der Waals surface area (Å²) in [4.78, 5) is 11.8. The lowest BCUT2D eigenvalue weighted by Gasteiger charge is -2.24. The van der Waals surface area contributed by atoms with Crippen LogP contribution < -0.4 is 11.1 Å². The largest absolute Gasteiger partial charge is 0.377 e. The second-order valence-corrected chi connectivity index (χ2v) is 4.98. The molecule has 0 unspecified atom stereocenters. The highest BCUT2D eigenvalue weighted by atomic mass is 16.5. The Balaban J connectivity index is 2.43. The Morgan fingerprint density at radius 3 is 2.56 bits per heavy atom. The van der Waals surface area contributed by atoms with Crippen molar-refractivity contribution in [1.82, 2.24) is 5.32 Å². The van der Waals surface area contributed by atoms with Crippen molar-refractivity contribution in [3.8, 4) is 0 Å². The van der Waals surface area contributed by atoms with Crippen LogP contribution in [0.4, 0.5) is 0 Å². The lowest BCUT2D eigenvalue weighted by molar-refractivity contribution is -0.123. The number of carbonyl (C=O) groups is 1. The average molecular weight is 250 g/mol. The van der Waals surface area contributed by atoms with E-state index >= 15 is 0 Å². The minimum Gasteiger partial charge on any atom is -0.377 e. The summed E-state index contributed by atoms with van der Waals surface area (Å²) in [5, 5.41) is 2.80. The topological polar surface area (TPSA) is 64.3 Å². The first-order chi connectivity index (χ1) is 8.44. The third kappa shape index (κ3) is 4.85. The molecule has 0 saturated carbocycles. The summed E-state index contributed by atoms with van der Waals surface area (Å²) in [7, 11) is 1.62. The van der Waals surface area contributed by atoms with E-state index in [9.17, 15) is 4.79 Å². The number of amides is 1. The van der Waals surface area contributed by atoms with Crippen LogP contribution in [-0.2, 0) is 16.0 Å². The molecule has 0 heterocycles. The summed E-state index contributed by atoms with van der Waals surface area (Å²) < 4.78 is 5.23. The Kier molecular flexibility index (Phi) is 5.31. The number of methoxy groups -OCH3 is 1. The number of hydrogen-bond acceptors (Lipinski definition) is 3. The van der Waals surface area contributed by atoms with Gasteiger partial charge >= 0.3 is 0 Å². The van der Waals surface area contributed by atoms with Crippen molar-refractivity contribution in [1.29, 1.82) is 0 Å². The molecule has 0 fully saturated rings. The second kappa shape index (κ2) is 6.52. The normalized spacial score (nSPS) is 13.1. The lowest BCUT2D eigenvalue weighted by atomic mass is 10.1. The summed E-state index contributed by atoms with van der Waals surface area (Å²) >= 11 is 0. The van der Waals surface area contributed by atoms with Gasteiger partial charge in [-0.1, -0.05) is 30.3 Å². The molecule has 1 rings (SSSR count). The van der Waals surface area contributed by atoms with Crippen LogP contribution in [0.3, 0.4) is 0 Å². The molecule has 0 bridgehead atoms. The third-order valence-electron chi connectivity index (χ3n) is 2.88. The molecule has 100 valence electrons. The fourth-order valence-corrected chi connectivity index (χ4v) is 1.46. The van der Waals surface area contributed by atoms with Gasteiger partial charge in [0.2, 0.25) is 5.91 Å². The zero-order valence-corrected chi connectivity index (χ0v) is 11.3. The molecular weight excluding hydrogens is 228 g/mol. The van der Waals surface area contributed by atoms with E-state index < -0.39 is 6.04 Å². The summed E-state index contributed by atoms with van der Waals surface area (Å²) in [6, 6.07) is 9.22. The first-order valence-electron chi connectivity index (χ1n) is 6.07. The van der Waals surface area contributed by atoms with Gasteiger partial charge in [-0.25, -0.2) is 0 Å². The van der Waals surface area contributed by atoms with Crippen molar-refractivity contribution in [2.24, 2.45) is 5.73 Å². The van der Waals surface area contributed by atoms with E-state index in [1.807, 2.05) is 44.2 Å². The van der Waals surface area contributed by atoms with Gasteiger partial charge in [-0.2, -0.15) is 0 Å². The molecule has 4 nitrogen and oxygen atoms in total. The van der Waals surface area contributed by atoms with Crippen molar-refractivity contribution >= 4 is 5.91 Å². The number of carbonyl (C=O) groups excluding carboxylic acids is 1. The number of nitrogens with two attached hydrogens (primary N) is 1. The van der Waals surface area contributed by atoms with Gasteiger partial charge in [0.1, 0.15) is 0 Å². The lowest BCUT2D eigenvalue weighted by Crippen LogP contribution is -2.47. The molecule has 1 aromatic rings. The fourth-order valence-electron chi connectivity index (χ4n) is 1.46. The van der Waals surface area contributed by atoms with Crippen LogP contribution in [0.1, 0.15) is 19.4 Å². The first kappa shape index (κ1) is 14.7. The molecular formula is C14H22N2O2. The Morgan fingerprint density at radius 1 is 1.39 bits per heavy atom.